The van der Waals surface area contributed by atoms with E-state index >= 15 is 0 Å². The van der Waals surface area contributed by atoms with Crippen molar-refractivity contribution in [3.05, 3.63) is 0 Å². The van der Waals surface area contributed by atoms with Crippen LogP contribution in [0.4, 0.5) is 0 Å². The van der Waals surface area contributed by atoms with E-state index < -0.39 is 0 Å². The number of hydrogen-bond acceptors (Lipinski definition) is 11. The van der Waals surface area contributed by atoms with Gasteiger partial charge < -0.3 is 28.6 Å². The molecule has 0 aliphatic rings. The van der Waals surface area contributed by atoms with Crippen LogP contribution in [0.25, 0.3) is 0 Å². The van der Waals surface area contributed by atoms with Crippen molar-refractivity contribution in [3.8, 4) is 0 Å². The van der Waals surface area contributed by atoms with Crippen molar-refractivity contribution in [2.75, 3.05) is 47.1 Å². The van der Waals surface area contributed by atoms with Crippen LogP contribution in [0, 0.1) is 0 Å². The molecule has 0 aliphatic heterocycles. The predicted octanol–water partition coefficient (Wildman–Crippen LogP) is 6.60. The number of nitrogens with zero attached hydrogens (tertiary/aromatic N) is 1. The van der Waals surface area contributed by atoms with Crippen molar-refractivity contribution in [3.63, 3.8) is 0 Å². The summed E-state index contributed by atoms with van der Waals surface area (Å²) in [5, 5.41) is 0. The first-order chi connectivity index (χ1) is 21.7. The smallest absolute Gasteiger partial charge is 0.306 e. The topological polar surface area (TPSA) is 152 Å². The van der Waals surface area contributed by atoms with E-state index in [-0.39, 0.29) is 48.6 Å². The molecule has 12 heteroatoms. The lowest BCUT2D eigenvalue weighted by Crippen LogP contribution is -2.22. The van der Waals surface area contributed by atoms with Crippen LogP contribution in [-0.2, 0) is 52.5 Å². The fraction of sp³-hybridized carbons (Fsp3) is 0.824. The van der Waals surface area contributed by atoms with E-state index in [9.17, 15) is 28.8 Å². The number of ether oxygens (including phenoxy) is 5. The Hall–Kier alpha value is -3.18. The van der Waals surface area contributed by atoms with Gasteiger partial charge >= 0.3 is 29.8 Å². The van der Waals surface area contributed by atoms with E-state index in [2.05, 4.69) is 46.6 Å². The molecule has 0 heterocycles. The molecule has 0 aromatic rings. The zero-order valence-corrected chi connectivity index (χ0v) is 31.0. The molecule has 12 nitrogen and oxygen atoms in total. The van der Waals surface area contributed by atoms with Gasteiger partial charge in [-0.2, -0.15) is 0 Å². The van der Waals surface area contributed by atoms with Crippen LogP contribution >= 0.6 is 0 Å². The SMILES string of the molecule is CCCCOC(=O)CCC(=O)N(C)C.CCCCOC(C)=O.CCCCOC(C)=O.CCCCOC(C)=O.CCCCOC(C)=O. The Kier molecular flexibility index (Phi) is 50.0. The Morgan fingerprint density at radius 3 is 0.848 bits per heavy atom. The minimum atomic E-state index is -0.284. The molecule has 0 aromatic carbocycles. The zero-order chi connectivity index (χ0) is 36.6. The molecule has 0 saturated carbocycles. The van der Waals surface area contributed by atoms with E-state index in [1.165, 1.54) is 32.6 Å². The van der Waals surface area contributed by atoms with Crippen LogP contribution < -0.4 is 0 Å². The summed E-state index contributed by atoms with van der Waals surface area (Å²) < 4.78 is 23.5. The van der Waals surface area contributed by atoms with Gasteiger partial charge in [0, 0.05) is 48.2 Å². The molecule has 0 spiro atoms. The Labute approximate surface area is 279 Å². The quantitative estimate of drug-likeness (QED) is 0.0885. The van der Waals surface area contributed by atoms with Gasteiger partial charge in [0.25, 0.3) is 0 Å². The second-order valence-electron chi connectivity index (χ2n) is 10.1. The standard InChI is InChI=1S/C10H19NO3.4C6H12O2/c1-4-5-8-14-10(13)7-6-9(12)11(2)3;4*1-3-4-5-8-6(2)7/h4-8H2,1-3H3;4*3-5H2,1-2H3. The monoisotopic (exact) mass is 665 g/mol. The number of hydrogen-bond donors (Lipinski definition) is 0. The van der Waals surface area contributed by atoms with Crippen molar-refractivity contribution in [1.29, 1.82) is 0 Å². The second kappa shape index (κ2) is 43.9. The number of amides is 1. The molecule has 46 heavy (non-hydrogen) atoms. The lowest BCUT2D eigenvalue weighted by molar-refractivity contribution is -0.146. The summed E-state index contributed by atoms with van der Waals surface area (Å²) in [5.74, 6) is -1.06. The average molecular weight is 666 g/mol. The summed E-state index contributed by atoms with van der Waals surface area (Å²) in [6, 6.07) is 0. The van der Waals surface area contributed by atoms with Gasteiger partial charge in [0.15, 0.2) is 0 Å². The first-order valence-electron chi connectivity index (χ1n) is 16.5. The zero-order valence-electron chi connectivity index (χ0n) is 31.0. The van der Waals surface area contributed by atoms with Crippen molar-refractivity contribution >= 4 is 35.8 Å². The lowest BCUT2D eigenvalue weighted by atomic mass is 10.3. The van der Waals surface area contributed by atoms with Crippen molar-refractivity contribution in [2.24, 2.45) is 0 Å². The molecule has 0 radical (unpaired) electrons. The molecule has 0 fully saturated rings. The molecule has 0 N–H and O–H groups in total. The van der Waals surface area contributed by atoms with Gasteiger partial charge in [-0.1, -0.05) is 66.7 Å². The molecule has 1 amide bonds. The molecule has 0 atom stereocenters. The minimum Gasteiger partial charge on any atom is -0.466 e. The normalized spacial score (nSPS) is 9.02. The minimum absolute atomic E-state index is 0.0440. The molecule has 0 saturated heterocycles. The molecular weight excluding hydrogens is 598 g/mol. The van der Waals surface area contributed by atoms with Crippen LogP contribution in [0.2, 0.25) is 0 Å². The van der Waals surface area contributed by atoms with E-state index in [4.69, 9.17) is 4.74 Å². The van der Waals surface area contributed by atoms with Crippen LogP contribution in [0.1, 0.15) is 139 Å². The maximum absolute atomic E-state index is 11.1. The summed E-state index contributed by atoms with van der Waals surface area (Å²) in [6.45, 7) is 18.7. The molecule has 0 rings (SSSR count). The summed E-state index contributed by atoms with van der Waals surface area (Å²) in [6.07, 6.45) is 10.5. The highest BCUT2D eigenvalue weighted by Crippen LogP contribution is 1.98. The predicted molar refractivity (Wildman–Crippen MR) is 180 cm³/mol. The maximum atomic E-state index is 11.1. The Balaban J connectivity index is -0.000000156. The molecule has 0 unspecified atom stereocenters. The first-order valence-corrected chi connectivity index (χ1v) is 16.5. The number of carbonyl (C=O) groups is 6. The van der Waals surface area contributed by atoms with Crippen molar-refractivity contribution in [2.45, 2.75) is 139 Å². The van der Waals surface area contributed by atoms with Crippen molar-refractivity contribution < 1.29 is 52.5 Å². The summed E-state index contributed by atoms with van der Waals surface area (Å²) >= 11 is 0. The summed E-state index contributed by atoms with van der Waals surface area (Å²) in [7, 11) is 3.34. The largest absolute Gasteiger partial charge is 0.466 e. The summed E-state index contributed by atoms with van der Waals surface area (Å²) in [4.78, 5) is 64.0. The first kappa shape index (κ1) is 52.4. The molecule has 0 aliphatic carbocycles. The summed E-state index contributed by atoms with van der Waals surface area (Å²) in [5.41, 5.74) is 0. The molecular formula is C34H67NO11. The molecule has 0 aromatic heterocycles. The van der Waals surface area contributed by atoms with Gasteiger partial charge in [0.2, 0.25) is 5.91 Å². The molecule has 274 valence electrons. The van der Waals surface area contributed by atoms with E-state index in [1.807, 2.05) is 6.92 Å². The fourth-order valence-corrected chi connectivity index (χ4v) is 2.28. The van der Waals surface area contributed by atoms with E-state index in [0.29, 0.717) is 33.0 Å². The van der Waals surface area contributed by atoms with Crippen LogP contribution in [0.5, 0.6) is 0 Å². The average Bonchev–Trinajstić information content (AvgIpc) is 2.97. The molecule has 0 bridgehead atoms. The van der Waals surface area contributed by atoms with Gasteiger partial charge in [0.05, 0.1) is 39.5 Å². The van der Waals surface area contributed by atoms with Crippen LogP contribution in [-0.4, -0.2) is 87.8 Å². The van der Waals surface area contributed by atoms with Crippen LogP contribution in [0.15, 0.2) is 0 Å². The Morgan fingerprint density at radius 1 is 0.413 bits per heavy atom. The second-order valence-corrected chi connectivity index (χ2v) is 10.1. The number of unbranched alkanes of at least 4 members (excludes halogenated alkanes) is 5. The Morgan fingerprint density at radius 2 is 0.652 bits per heavy atom. The highest BCUT2D eigenvalue weighted by Gasteiger charge is 2.08. The van der Waals surface area contributed by atoms with E-state index in [0.717, 1.165) is 64.2 Å². The lowest BCUT2D eigenvalue weighted by Gasteiger charge is -2.09. The maximum Gasteiger partial charge on any atom is 0.306 e. The van der Waals surface area contributed by atoms with Crippen molar-refractivity contribution in [1.82, 2.24) is 4.90 Å². The highest BCUT2D eigenvalue weighted by molar-refractivity contribution is 5.80. The number of carbonyl (C=O) groups excluding carboxylic acids is 6. The fourth-order valence-electron chi connectivity index (χ4n) is 2.28. The van der Waals surface area contributed by atoms with Gasteiger partial charge in [-0.05, 0) is 32.1 Å². The third-order valence-electron chi connectivity index (χ3n) is 5.02. The van der Waals surface area contributed by atoms with Gasteiger partial charge in [-0.15, -0.1) is 0 Å². The van der Waals surface area contributed by atoms with Gasteiger partial charge in [-0.25, -0.2) is 0 Å². The Bertz CT molecular complexity index is 661. The number of rotatable bonds is 18. The third kappa shape index (κ3) is 68.1. The number of esters is 5. The van der Waals surface area contributed by atoms with Gasteiger partial charge in [-0.3, -0.25) is 28.8 Å². The van der Waals surface area contributed by atoms with Gasteiger partial charge in [0.1, 0.15) is 0 Å². The highest BCUT2D eigenvalue weighted by atomic mass is 16.5. The third-order valence-corrected chi connectivity index (χ3v) is 5.02. The van der Waals surface area contributed by atoms with Crippen LogP contribution in [0.3, 0.4) is 0 Å². The van der Waals surface area contributed by atoms with E-state index in [1.54, 1.807) is 14.1 Å².